The van der Waals surface area contributed by atoms with Gasteiger partial charge < -0.3 is 0 Å². The number of Topliss-reactive ketones (excluding diaryl/α,β-unsaturated/α-hetero) is 1. The summed E-state index contributed by atoms with van der Waals surface area (Å²) in [5.41, 5.74) is 3.50. The summed E-state index contributed by atoms with van der Waals surface area (Å²) in [7, 11) is 0. The van der Waals surface area contributed by atoms with Crippen LogP contribution < -0.4 is 0 Å². The van der Waals surface area contributed by atoms with Crippen LogP contribution >= 0.6 is 11.8 Å². The molecule has 3 aromatic rings. The van der Waals surface area contributed by atoms with Crippen LogP contribution in [0.2, 0.25) is 0 Å². The third-order valence-corrected chi connectivity index (χ3v) is 4.84. The number of hydrogen-bond donors (Lipinski definition) is 0. The van der Waals surface area contributed by atoms with Crippen molar-refractivity contribution in [3.05, 3.63) is 77.3 Å². The van der Waals surface area contributed by atoms with E-state index in [1.807, 2.05) is 66.9 Å². The largest absolute Gasteiger partial charge is 0.293 e. The molecule has 25 heavy (non-hydrogen) atoms. The second-order valence-corrected chi connectivity index (χ2v) is 6.76. The minimum absolute atomic E-state index is 0.0238. The van der Waals surface area contributed by atoms with Gasteiger partial charge in [0.1, 0.15) is 0 Å². The first-order valence-corrected chi connectivity index (χ1v) is 8.68. The molecule has 1 aliphatic rings. The number of ketones is 1. The summed E-state index contributed by atoms with van der Waals surface area (Å²) in [6.45, 7) is 0. The lowest BCUT2D eigenvalue weighted by Gasteiger charge is -2.00. The number of allylic oxidation sites excluding steroid dienone is 1. The van der Waals surface area contributed by atoms with Crippen LogP contribution in [0.25, 0.3) is 23.0 Å². The summed E-state index contributed by atoms with van der Waals surface area (Å²) in [6.07, 6.45) is 3.64. The fraction of sp³-hybridized carbons (Fsp3) is 0.0500. The molecule has 0 saturated carbocycles. The first-order valence-electron chi connectivity index (χ1n) is 7.87. The van der Waals surface area contributed by atoms with Gasteiger partial charge in [-0.05, 0) is 30.0 Å². The van der Waals surface area contributed by atoms with E-state index in [9.17, 15) is 9.59 Å². The molecule has 0 atom stereocenters. The lowest BCUT2D eigenvalue weighted by Crippen LogP contribution is -1.93. The van der Waals surface area contributed by atoms with E-state index in [2.05, 4.69) is 0 Å². The van der Waals surface area contributed by atoms with Crippen LogP contribution in [-0.2, 0) is 9.59 Å². The second kappa shape index (κ2) is 6.53. The second-order valence-electron chi connectivity index (χ2n) is 5.66. The van der Waals surface area contributed by atoms with Crippen LogP contribution in [-0.4, -0.2) is 20.7 Å². The van der Waals surface area contributed by atoms with Crippen LogP contribution in [0, 0.1) is 0 Å². The third-order valence-electron chi connectivity index (χ3n) is 3.90. The SMILES string of the molecule is O=C1CC(=O)/C(=C/c2cn(-c3ccccc3)nc2-c2ccccc2)S1. The minimum Gasteiger partial charge on any atom is -0.293 e. The Morgan fingerprint density at radius 1 is 0.960 bits per heavy atom. The monoisotopic (exact) mass is 346 g/mol. The molecule has 4 nitrogen and oxygen atoms in total. The van der Waals surface area contributed by atoms with Gasteiger partial charge in [-0.3, -0.25) is 9.59 Å². The molecule has 0 aliphatic carbocycles. The maximum Gasteiger partial charge on any atom is 0.201 e. The highest BCUT2D eigenvalue weighted by Crippen LogP contribution is 2.33. The van der Waals surface area contributed by atoms with Crippen molar-refractivity contribution in [2.75, 3.05) is 0 Å². The molecule has 0 bridgehead atoms. The summed E-state index contributed by atoms with van der Waals surface area (Å²) in [6, 6.07) is 19.6. The highest BCUT2D eigenvalue weighted by Gasteiger charge is 2.26. The number of hydrogen-bond acceptors (Lipinski definition) is 4. The van der Waals surface area contributed by atoms with Gasteiger partial charge in [-0.25, -0.2) is 4.68 Å². The van der Waals surface area contributed by atoms with Gasteiger partial charge in [0.2, 0.25) is 5.12 Å². The molecule has 0 N–H and O–H groups in total. The van der Waals surface area contributed by atoms with Gasteiger partial charge in [0.15, 0.2) is 5.78 Å². The Bertz CT molecular complexity index is 975. The average molecular weight is 346 g/mol. The van der Waals surface area contributed by atoms with Crippen molar-refractivity contribution in [1.82, 2.24) is 9.78 Å². The molecular formula is C20H14N2O2S. The van der Waals surface area contributed by atoms with E-state index in [0.29, 0.717) is 4.91 Å². The highest BCUT2D eigenvalue weighted by molar-refractivity contribution is 8.18. The molecule has 1 aliphatic heterocycles. The summed E-state index contributed by atoms with van der Waals surface area (Å²) < 4.78 is 1.79. The molecule has 5 heteroatoms. The molecule has 1 fully saturated rings. The van der Waals surface area contributed by atoms with Crippen molar-refractivity contribution in [3.8, 4) is 16.9 Å². The number of carbonyl (C=O) groups is 2. The van der Waals surface area contributed by atoms with Crippen molar-refractivity contribution >= 4 is 28.7 Å². The molecule has 1 aromatic heterocycles. The van der Waals surface area contributed by atoms with E-state index in [4.69, 9.17) is 5.10 Å². The molecule has 0 unspecified atom stereocenters. The third kappa shape index (κ3) is 3.19. The van der Waals surface area contributed by atoms with Gasteiger partial charge in [0.05, 0.1) is 22.7 Å². The topological polar surface area (TPSA) is 52.0 Å². The molecule has 0 radical (unpaired) electrons. The van der Waals surface area contributed by atoms with Crippen molar-refractivity contribution in [1.29, 1.82) is 0 Å². The van der Waals surface area contributed by atoms with E-state index in [1.54, 1.807) is 10.8 Å². The maximum atomic E-state index is 12.0. The van der Waals surface area contributed by atoms with E-state index in [0.717, 1.165) is 34.3 Å². The number of nitrogens with zero attached hydrogens (tertiary/aromatic N) is 2. The maximum absolute atomic E-state index is 12.0. The van der Waals surface area contributed by atoms with Crippen LogP contribution in [0.4, 0.5) is 0 Å². The van der Waals surface area contributed by atoms with E-state index >= 15 is 0 Å². The zero-order chi connectivity index (χ0) is 17.2. The first kappa shape index (κ1) is 15.6. The van der Waals surface area contributed by atoms with E-state index in [1.165, 1.54) is 0 Å². The average Bonchev–Trinajstić information content (AvgIpc) is 3.20. The zero-order valence-electron chi connectivity index (χ0n) is 13.3. The van der Waals surface area contributed by atoms with Gasteiger partial charge in [0, 0.05) is 17.3 Å². The fourth-order valence-electron chi connectivity index (χ4n) is 2.71. The summed E-state index contributed by atoms with van der Waals surface area (Å²) in [5.74, 6) is -0.124. The molecule has 2 aromatic carbocycles. The number of rotatable bonds is 3. The standard InChI is InChI=1S/C20H14N2O2S/c23-17-12-19(24)25-18(17)11-15-13-22(16-9-5-2-6-10-16)21-20(15)14-7-3-1-4-8-14/h1-11,13H,12H2/b18-11-. The van der Waals surface area contributed by atoms with Gasteiger partial charge in [-0.1, -0.05) is 48.5 Å². The Morgan fingerprint density at radius 2 is 1.64 bits per heavy atom. The van der Waals surface area contributed by atoms with Crippen LogP contribution in [0.1, 0.15) is 12.0 Å². The van der Waals surface area contributed by atoms with Gasteiger partial charge >= 0.3 is 0 Å². The Labute approximate surface area is 149 Å². The number of para-hydroxylation sites is 1. The Morgan fingerprint density at radius 3 is 2.28 bits per heavy atom. The van der Waals surface area contributed by atoms with Gasteiger partial charge in [-0.2, -0.15) is 5.10 Å². The molecule has 4 rings (SSSR count). The summed E-state index contributed by atoms with van der Waals surface area (Å²) in [5, 5.41) is 4.60. The van der Waals surface area contributed by atoms with E-state index < -0.39 is 0 Å². The van der Waals surface area contributed by atoms with Crippen LogP contribution in [0.3, 0.4) is 0 Å². The molecule has 0 amide bonds. The smallest absolute Gasteiger partial charge is 0.201 e. The lowest BCUT2D eigenvalue weighted by molar-refractivity contribution is -0.119. The molecule has 0 spiro atoms. The Balaban J connectivity index is 1.84. The molecule has 122 valence electrons. The van der Waals surface area contributed by atoms with Gasteiger partial charge in [0.25, 0.3) is 0 Å². The molecule has 1 saturated heterocycles. The Hall–Kier alpha value is -2.92. The predicted molar refractivity (Wildman–Crippen MR) is 99.2 cm³/mol. The first-order chi connectivity index (χ1) is 12.2. The minimum atomic E-state index is -0.124. The van der Waals surface area contributed by atoms with Crippen molar-refractivity contribution in [3.63, 3.8) is 0 Å². The van der Waals surface area contributed by atoms with Crippen molar-refractivity contribution < 1.29 is 9.59 Å². The number of thioether (sulfide) groups is 1. The fourth-order valence-corrected chi connectivity index (χ4v) is 3.53. The summed E-state index contributed by atoms with van der Waals surface area (Å²) >= 11 is 1.01. The van der Waals surface area contributed by atoms with Gasteiger partial charge in [-0.15, -0.1) is 0 Å². The number of benzene rings is 2. The van der Waals surface area contributed by atoms with Crippen molar-refractivity contribution in [2.45, 2.75) is 6.42 Å². The number of carbonyl (C=O) groups excluding carboxylic acids is 2. The van der Waals surface area contributed by atoms with Crippen LogP contribution in [0.15, 0.2) is 71.8 Å². The lowest BCUT2D eigenvalue weighted by atomic mass is 10.1. The van der Waals surface area contributed by atoms with Crippen molar-refractivity contribution in [2.24, 2.45) is 0 Å². The quantitative estimate of drug-likeness (QED) is 0.529. The highest BCUT2D eigenvalue weighted by atomic mass is 32.2. The zero-order valence-corrected chi connectivity index (χ0v) is 14.1. The van der Waals surface area contributed by atoms with E-state index in [-0.39, 0.29) is 17.3 Å². The molecule has 2 heterocycles. The van der Waals surface area contributed by atoms with Crippen LogP contribution in [0.5, 0.6) is 0 Å². The predicted octanol–water partition coefficient (Wildman–Crippen LogP) is 4.11. The normalized spacial score (nSPS) is 15.9. The summed E-state index contributed by atoms with van der Waals surface area (Å²) in [4.78, 5) is 24.0. The molecular weight excluding hydrogens is 332 g/mol. The Kier molecular flexibility index (Phi) is 4.07. The number of aromatic nitrogens is 2.